The van der Waals surface area contributed by atoms with E-state index in [2.05, 4.69) is 22.9 Å². The van der Waals surface area contributed by atoms with Gasteiger partial charge in [0.1, 0.15) is 0 Å². The van der Waals surface area contributed by atoms with Crippen LogP contribution in [0.15, 0.2) is 0 Å². The van der Waals surface area contributed by atoms with Gasteiger partial charge in [-0.15, -0.1) is 0 Å². The number of rotatable bonds is 4. The van der Waals surface area contributed by atoms with E-state index in [1.54, 1.807) is 0 Å². The number of hydrogen-bond donors (Lipinski definition) is 0. The quantitative estimate of drug-likeness (QED) is 0.699. The van der Waals surface area contributed by atoms with Crippen LogP contribution in [0.25, 0.3) is 0 Å². The summed E-state index contributed by atoms with van der Waals surface area (Å²) in [6.07, 6.45) is 4.48. The first kappa shape index (κ1) is 11.0. The Balaban J connectivity index is 2.21. The molecule has 0 heterocycles. The lowest BCUT2D eigenvalue weighted by atomic mass is 9.84. The molecule has 1 atom stereocenters. The van der Waals surface area contributed by atoms with Crippen molar-refractivity contribution in [2.45, 2.75) is 37.4 Å². The third-order valence-electron chi connectivity index (χ3n) is 2.69. The molecule has 0 aromatic rings. The summed E-state index contributed by atoms with van der Waals surface area (Å²) >= 11 is 3.48. The molecule has 0 aromatic carbocycles. The summed E-state index contributed by atoms with van der Waals surface area (Å²) in [6, 6.07) is 0. The maximum absolute atomic E-state index is 11.6. The fourth-order valence-electron chi connectivity index (χ4n) is 1.45. The van der Waals surface area contributed by atoms with E-state index >= 15 is 0 Å². The number of carbonyl (C=O) groups excluding carboxylic acids is 1. The van der Waals surface area contributed by atoms with Crippen LogP contribution in [0.3, 0.4) is 0 Å². The van der Waals surface area contributed by atoms with E-state index in [0.29, 0.717) is 16.7 Å². The van der Waals surface area contributed by atoms with E-state index in [9.17, 15) is 4.79 Å². The van der Waals surface area contributed by atoms with Gasteiger partial charge in [0.2, 0.25) is 5.91 Å². The zero-order valence-corrected chi connectivity index (χ0v) is 10.0. The van der Waals surface area contributed by atoms with E-state index in [0.717, 1.165) is 25.8 Å². The Kier molecular flexibility index (Phi) is 4.23. The molecule has 1 fully saturated rings. The lowest BCUT2D eigenvalue weighted by Crippen LogP contribution is -2.37. The zero-order valence-electron chi connectivity index (χ0n) is 8.42. The molecule has 0 aromatic heterocycles. The summed E-state index contributed by atoms with van der Waals surface area (Å²) in [5, 5.41) is 0. The number of halogens is 1. The van der Waals surface area contributed by atoms with Crippen molar-refractivity contribution in [1.82, 2.24) is 4.90 Å². The molecule has 0 spiro atoms. The summed E-state index contributed by atoms with van der Waals surface area (Å²) in [5.74, 6) is 0.690. The number of carbonyl (C=O) groups is 1. The SMILES string of the molecule is CC(Br)CCN(C)C(=O)C1CCC1. The van der Waals surface area contributed by atoms with Crippen LogP contribution in [0.2, 0.25) is 0 Å². The first-order valence-electron chi connectivity index (χ1n) is 5.00. The minimum Gasteiger partial charge on any atom is -0.345 e. The van der Waals surface area contributed by atoms with Crippen LogP contribution in [-0.2, 0) is 4.79 Å². The van der Waals surface area contributed by atoms with Gasteiger partial charge in [-0.3, -0.25) is 4.79 Å². The summed E-state index contributed by atoms with van der Waals surface area (Å²) in [5.41, 5.74) is 0. The summed E-state index contributed by atoms with van der Waals surface area (Å²) < 4.78 is 0. The zero-order chi connectivity index (χ0) is 9.84. The van der Waals surface area contributed by atoms with Gasteiger partial charge in [-0.1, -0.05) is 29.3 Å². The third-order valence-corrected chi connectivity index (χ3v) is 3.15. The third kappa shape index (κ3) is 3.29. The second-order valence-corrected chi connectivity index (χ2v) is 5.52. The predicted molar refractivity (Wildman–Crippen MR) is 58.0 cm³/mol. The van der Waals surface area contributed by atoms with Gasteiger partial charge in [0.25, 0.3) is 0 Å². The van der Waals surface area contributed by atoms with E-state index in [-0.39, 0.29) is 0 Å². The molecule has 1 aliphatic carbocycles. The van der Waals surface area contributed by atoms with Crippen LogP contribution in [0, 0.1) is 5.92 Å². The molecule has 0 saturated heterocycles. The first-order valence-corrected chi connectivity index (χ1v) is 5.92. The Labute approximate surface area is 88.8 Å². The van der Waals surface area contributed by atoms with Gasteiger partial charge in [0.15, 0.2) is 0 Å². The largest absolute Gasteiger partial charge is 0.345 e. The number of hydrogen-bond acceptors (Lipinski definition) is 1. The van der Waals surface area contributed by atoms with Gasteiger partial charge in [-0.2, -0.15) is 0 Å². The Bertz CT molecular complexity index is 178. The molecule has 0 radical (unpaired) electrons. The van der Waals surface area contributed by atoms with Crippen LogP contribution in [0.1, 0.15) is 32.6 Å². The summed E-state index contributed by atoms with van der Waals surface area (Å²) in [4.78, 5) is 14.0. The molecule has 13 heavy (non-hydrogen) atoms. The van der Waals surface area contributed by atoms with Gasteiger partial charge >= 0.3 is 0 Å². The maximum atomic E-state index is 11.6. The van der Waals surface area contributed by atoms with Crippen molar-refractivity contribution in [2.75, 3.05) is 13.6 Å². The lowest BCUT2D eigenvalue weighted by Gasteiger charge is -2.29. The van der Waals surface area contributed by atoms with Gasteiger partial charge < -0.3 is 4.90 Å². The maximum Gasteiger partial charge on any atom is 0.225 e. The van der Waals surface area contributed by atoms with E-state index < -0.39 is 0 Å². The summed E-state index contributed by atoms with van der Waals surface area (Å²) in [6.45, 7) is 2.99. The molecule has 0 bridgehead atoms. The molecule has 1 rings (SSSR count). The Hall–Kier alpha value is -0.0500. The molecule has 0 aliphatic heterocycles. The first-order chi connectivity index (χ1) is 6.11. The van der Waals surface area contributed by atoms with Crippen molar-refractivity contribution in [3.63, 3.8) is 0 Å². The van der Waals surface area contributed by atoms with Gasteiger partial charge in [0.05, 0.1) is 0 Å². The van der Waals surface area contributed by atoms with Crippen LogP contribution in [0.5, 0.6) is 0 Å². The van der Waals surface area contributed by atoms with Crippen molar-refractivity contribution in [3.8, 4) is 0 Å². The number of amides is 1. The van der Waals surface area contributed by atoms with Crippen molar-refractivity contribution in [3.05, 3.63) is 0 Å². The van der Waals surface area contributed by atoms with Crippen LogP contribution >= 0.6 is 15.9 Å². The van der Waals surface area contributed by atoms with E-state index in [4.69, 9.17) is 0 Å². The minimum absolute atomic E-state index is 0.343. The standard InChI is InChI=1S/C10H18BrNO/c1-8(11)6-7-12(2)10(13)9-4-3-5-9/h8-9H,3-7H2,1-2H3. The molecule has 0 N–H and O–H groups in total. The topological polar surface area (TPSA) is 20.3 Å². The van der Waals surface area contributed by atoms with Crippen molar-refractivity contribution in [1.29, 1.82) is 0 Å². The van der Waals surface area contributed by atoms with Crippen molar-refractivity contribution < 1.29 is 4.79 Å². The van der Waals surface area contributed by atoms with Crippen molar-refractivity contribution in [2.24, 2.45) is 5.92 Å². The van der Waals surface area contributed by atoms with Gasteiger partial charge in [-0.05, 0) is 19.3 Å². The molecule has 76 valence electrons. The lowest BCUT2D eigenvalue weighted by molar-refractivity contribution is -0.136. The van der Waals surface area contributed by atoms with Gasteiger partial charge in [0, 0.05) is 24.3 Å². The molecule has 1 amide bonds. The van der Waals surface area contributed by atoms with E-state index in [1.807, 2.05) is 11.9 Å². The molecule has 3 heteroatoms. The normalized spacial score (nSPS) is 19.3. The smallest absolute Gasteiger partial charge is 0.225 e. The fourth-order valence-corrected chi connectivity index (χ4v) is 1.65. The predicted octanol–water partition coefficient (Wildman–Crippen LogP) is 2.42. The Morgan fingerprint density at radius 3 is 2.62 bits per heavy atom. The highest BCUT2D eigenvalue weighted by molar-refractivity contribution is 9.09. The molecular weight excluding hydrogens is 230 g/mol. The summed E-state index contributed by atoms with van der Waals surface area (Å²) in [7, 11) is 1.91. The van der Waals surface area contributed by atoms with Crippen LogP contribution < -0.4 is 0 Å². The molecular formula is C10H18BrNO. The highest BCUT2D eigenvalue weighted by Crippen LogP contribution is 2.27. The number of nitrogens with zero attached hydrogens (tertiary/aromatic N) is 1. The molecule has 2 nitrogen and oxygen atoms in total. The van der Waals surface area contributed by atoms with Gasteiger partial charge in [-0.25, -0.2) is 0 Å². The van der Waals surface area contributed by atoms with E-state index in [1.165, 1.54) is 6.42 Å². The highest BCUT2D eigenvalue weighted by atomic mass is 79.9. The monoisotopic (exact) mass is 247 g/mol. The second kappa shape index (κ2) is 4.99. The molecule has 1 saturated carbocycles. The minimum atomic E-state index is 0.343. The average Bonchev–Trinajstić information content (AvgIpc) is 1.96. The second-order valence-electron chi connectivity index (χ2n) is 3.96. The average molecular weight is 248 g/mol. The molecule has 1 aliphatic rings. The number of alkyl halides is 1. The van der Waals surface area contributed by atoms with Crippen LogP contribution in [-0.4, -0.2) is 29.2 Å². The van der Waals surface area contributed by atoms with Crippen LogP contribution in [0.4, 0.5) is 0 Å². The Morgan fingerprint density at radius 1 is 1.62 bits per heavy atom. The highest BCUT2D eigenvalue weighted by Gasteiger charge is 2.27. The Morgan fingerprint density at radius 2 is 2.23 bits per heavy atom. The van der Waals surface area contributed by atoms with Crippen molar-refractivity contribution >= 4 is 21.8 Å². The fraction of sp³-hybridized carbons (Fsp3) is 0.900. The molecule has 1 unspecified atom stereocenters.